The minimum atomic E-state index is 0.262. The van der Waals surface area contributed by atoms with Crippen LogP contribution in [0.25, 0.3) is 0 Å². The number of para-hydroxylation sites is 1. The van der Waals surface area contributed by atoms with Crippen LogP contribution in [0.3, 0.4) is 0 Å². The molecule has 1 unspecified atom stereocenters. The summed E-state index contributed by atoms with van der Waals surface area (Å²) in [7, 11) is 0. The predicted octanol–water partition coefficient (Wildman–Crippen LogP) is 4.40. The Hall–Kier alpha value is -1.02. The summed E-state index contributed by atoms with van der Waals surface area (Å²) in [6.07, 6.45) is 7.87. The highest BCUT2D eigenvalue weighted by molar-refractivity contribution is 5.34. The number of phenolic OH excluding ortho intramolecular Hbond substituents is 1. The van der Waals surface area contributed by atoms with E-state index in [0.29, 0.717) is 11.8 Å². The largest absolute Gasteiger partial charge is 0.508 e. The van der Waals surface area contributed by atoms with Gasteiger partial charge in [0, 0.05) is 17.6 Å². The third-order valence-electron chi connectivity index (χ3n) is 4.54. The van der Waals surface area contributed by atoms with Crippen LogP contribution in [0.5, 0.6) is 5.75 Å². The van der Waals surface area contributed by atoms with E-state index in [1.807, 2.05) is 18.2 Å². The first-order chi connectivity index (χ1) is 9.22. The number of hydrogen-bond donors (Lipinski definition) is 2. The molecule has 0 heterocycles. The van der Waals surface area contributed by atoms with Crippen molar-refractivity contribution in [2.75, 3.05) is 0 Å². The maximum absolute atomic E-state index is 10.00. The van der Waals surface area contributed by atoms with Gasteiger partial charge in [0.25, 0.3) is 0 Å². The number of nitrogens with one attached hydrogen (secondary N) is 1. The number of aromatic hydroxyl groups is 1. The van der Waals surface area contributed by atoms with E-state index >= 15 is 0 Å². The molecule has 1 aliphatic rings. The predicted molar refractivity (Wildman–Crippen MR) is 80.3 cm³/mol. The molecule has 1 aliphatic carbocycles. The van der Waals surface area contributed by atoms with Crippen molar-refractivity contribution >= 4 is 0 Å². The molecule has 1 aromatic rings. The van der Waals surface area contributed by atoms with Crippen LogP contribution in [0, 0.1) is 5.92 Å². The van der Waals surface area contributed by atoms with Gasteiger partial charge in [-0.05, 0) is 38.2 Å². The Bertz CT molecular complexity index is 385. The van der Waals surface area contributed by atoms with Crippen molar-refractivity contribution in [3.05, 3.63) is 29.8 Å². The molecule has 2 atom stereocenters. The average molecular weight is 261 g/mol. The third kappa shape index (κ3) is 3.73. The summed E-state index contributed by atoms with van der Waals surface area (Å²) in [5, 5.41) is 13.7. The summed E-state index contributed by atoms with van der Waals surface area (Å²) in [4.78, 5) is 0. The lowest BCUT2D eigenvalue weighted by Gasteiger charge is -2.32. The summed E-state index contributed by atoms with van der Waals surface area (Å²) in [6.45, 7) is 4.48. The Kier molecular flexibility index (Phi) is 5.26. The molecule has 0 amide bonds. The molecular weight excluding hydrogens is 234 g/mol. The molecule has 1 fully saturated rings. The van der Waals surface area contributed by atoms with Crippen molar-refractivity contribution in [3.63, 3.8) is 0 Å². The minimum Gasteiger partial charge on any atom is -0.508 e. The van der Waals surface area contributed by atoms with E-state index in [-0.39, 0.29) is 6.04 Å². The van der Waals surface area contributed by atoms with Gasteiger partial charge in [0.2, 0.25) is 0 Å². The van der Waals surface area contributed by atoms with Gasteiger partial charge >= 0.3 is 0 Å². The second-order valence-electron chi connectivity index (χ2n) is 5.87. The lowest BCUT2D eigenvalue weighted by Crippen LogP contribution is -2.37. The van der Waals surface area contributed by atoms with E-state index < -0.39 is 0 Å². The van der Waals surface area contributed by atoms with Gasteiger partial charge in [-0.1, -0.05) is 44.4 Å². The van der Waals surface area contributed by atoms with Crippen molar-refractivity contribution in [1.29, 1.82) is 0 Å². The fourth-order valence-corrected chi connectivity index (χ4v) is 3.30. The highest BCUT2D eigenvalue weighted by Gasteiger charge is 2.23. The Morgan fingerprint density at radius 1 is 1.21 bits per heavy atom. The van der Waals surface area contributed by atoms with E-state index in [2.05, 4.69) is 19.2 Å². The van der Waals surface area contributed by atoms with E-state index in [0.717, 1.165) is 17.9 Å². The van der Waals surface area contributed by atoms with Gasteiger partial charge in [0.05, 0.1) is 0 Å². The Labute approximate surface area is 117 Å². The normalized spacial score (nSPS) is 20.1. The first kappa shape index (κ1) is 14.4. The fourth-order valence-electron chi connectivity index (χ4n) is 3.30. The van der Waals surface area contributed by atoms with E-state index in [1.165, 1.54) is 32.1 Å². The van der Waals surface area contributed by atoms with Gasteiger partial charge in [0.15, 0.2) is 0 Å². The minimum absolute atomic E-state index is 0.262. The van der Waals surface area contributed by atoms with Crippen LogP contribution in [-0.4, -0.2) is 11.1 Å². The van der Waals surface area contributed by atoms with Crippen LogP contribution in [0.4, 0.5) is 0 Å². The Balaban J connectivity index is 2.00. The fraction of sp³-hybridized carbons (Fsp3) is 0.647. The maximum Gasteiger partial charge on any atom is 0.120 e. The first-order valence-electron chi connectivity index (χ1n) is 7.76. The van der Waals surface area contributed by atoms with Gasteiger partial charge < -0.3 is 10.4 Å². The van der Waals surface area contributed by atoms with Crippen LogP contribution in [-0.2, 0) is 0 Å². The molecule has 2 N–H and O–H groups in total. The monoisotopic (exact) mass is 261 g/mol. The standard InChI is InChI=1S/C17H27NO/c1-3-16(15-11-7-8-12-17(15)19)18-13(2)14-9-5-4-6-10-14/h7-8,11-14,16,18-19H,3-6,9-10H2,1-2H3/t13-,16?/m1/s1. The molecule has 2 nitrogen and oxygen atoms in total. The summed E-state index contributed by atoms with van der Waals surface area (Å²) in [5.74, 6) is 1.21. The molecule has 0 aliphatic heterocycles. The lowest BCUT2D eigenvalue weighted by atomic mass is 9.84. The molecular formula is C17H27NO. The van der Waals surface area contributed by atoms with Crippen molar-refractivity contribution in [2.24, 2.45) is 5.92 Å². The highest BCUT2D eigenvalue weighted by Crippen LogP contribution is 2.30. The highest BCUT2D eigenvalue weighted by atomic mass is 16.3. The summed E-state index contributed by atoms with van der Waals surface area (Å²) >= 11 is 0. The zero-order chi connectivity index (χ0) is 13.7. The quantitative estimate of drug-likeness (QED) is 0.823. The average Bonchev–Trinajstić information content (AvgIpc) is 2.46. The summed E-state index contributed by atoms with van der Waals surface area (Å²) in [5.41, 5.74) is 1.03. The van der Waals surface area contributed by atoms with Crippen LogP contribution in [0.15, 0.2) is 24.3 Å². The smallest absolute Gasteiger partial charge is 0.120 e. The molecule has 2 heteroatoms. The van der Waals surface area contributed by atoms with Crippen molar-refractivity contribution < 1.29 is 5.11 Å². The third-order valence-corrected chi connectivity index (χ3v) is 4.54. The van der Waals surface area contributed by atoms with Gasteiger partial charge in [-0.15, -0.1) is 0 Å². The van der Waals surface area contributed by atoms with Crippen LogP contribution in [0.2, 0.25) is 0 Å². The van der Waals surface area contributed by atoms with E-state index in [4.69, 9.17) is 0 Å². The molecule has 0 saturated heterocycles. The van der Waals surface area contributed by atoms with Crippen molar-refractivity contribution in [2.45, 2.75) is 64.5 Å². The molecule has 0 radical (unpaired) electrons. The van der Waals surface area contributed by atoms with Crippen LogP contribution in [0.1, 0.15) is 64.0 Å². The van der Waals surface area contributed by atoms with Gasteiger partial charge in [-0.2, -0.15) is 0 Å². The number of phenols is 1. The second kappa shape index (κ2) is 6.95. The van der Waals surface area contributed by atoms with Gasteiger partial charge in [-0.3, -0.25) is 0 Å². The molecule has 19 heavy (non-hydrogen) atoms. The summed E-state index contributed by atoms with van der Waals surface area (Å²) < 4.78 is 0. The van der Waals surface area contributed by atoms with Gasteiger partial charge in [-0.25, -0.2) is 0 Å². The number of rotatable bonds is 5. The second-order valence-corrected chi connectivity index (χ2v) is 5.87. The Morgan fingerprint density at radius 3 is 2.53 bits per heavy atom. The first-order valence-corrected chi connectivity index (χ1v) is 7.76. The van der Waals surface area contributed by atoms with Crippen LogP contribution < -0.4 is 5.32 Å². The Morgan fingerprint density at radius 2 is 1.89 bits per heavy atom. The molecule has 1 aromatic carbocycles. The SMILES string of the molecule is CCC(N[C@H](C)C1CCCCC1)c1ccccc1O. The molecule has 2 rings (SSSR count). The lowest BCUT2D eigenvalue weighted by molar-refractivity contribution is 0.261. The van der Waals surface area contributed by atoms with Gasteiger partial charge in [0.1, 0.15) is 5.75 Å². The van der Waals surface area contributed by atoms with Crippen molar-refractivity contribution in [1.82, 2.24) is 5.32 Å². The molecule has 1 saturated carbocycles. The number of benzene rings is 1. The maximum atomic E-state index is 10.00. The van der Waals surface area contributed by atoms with Crippen molar-refractivity contribution in [3.8, 4) is 5.75 Å². The molecule has 0 bridgehead atoms. The zero-order valence-electron chi connectivity index (χ0n) is 12.2. The number of hydrogen-bond acceptors (Lipinski definition) is 2. The molecule has 106 valence electrons. The van der Waals surface area contributed by atoms with E-state index in [9.17, 15) is 5.11 Å². The summed E-state index contributed by atoms with van der Waals surface area (Å²) in [6, 6.07) is 8.50. The molecule has 0 aromatic heterocycles. The molecule has 0 spiro atoms. The topological polar surface area (TPSA) is 32.3 Å². The zero-order valence-corrected chi connectivity index (χ0v) is 12.2. The van der Waals surface area contributed by atoms with Crippen LogP contribution >= 0.6 is 0 Å². The van der Waals surface area contributed by atoms with E-state index in [1.54, 1.807) is 6.07 Å².